The van der Waals surface area contributed by atoms with Gasteiger partial charge >= 0.3 is 0 Å². The van der Waals surface area contributed by atoms with E-state index in [1.165, 1.54) is 12.1 Å². The van der Waals surface area contributed by atoms with Gasteiger partial charge in [-0.05, 0) is 48.4 Å². The molecule has 4 heteroatoms. The highest BCUT2D eigenvalue weighted by Gasteiger charge is 2.12. The molecule has 0 saturated heterocycles. The molecule has 0 amide bonds. The molecule has 0 spiro atoms. The molecule has 1 N–H and O–H groups in total. The van der Waals surface area contributed by atoms with Crippen molar-refractivity contribution < 1.29 is 14.2 Å². The summed E-state index contributed by atoms with van der Waals surface area (Å²) in [5.41, 5.74) is 1.21. The second kappa shape index (κ2) is 6.17. The zero-order valence-electron chi connectivity index (χ0n) is 10.4. The zero-order valence-corrected chi connectivity index (χ0v) is 12.0. The lowest BCUT2D eigenvalue weighted by Crippen LogP contribution is -2.00. The molecule has 19 heavy (non-hydrogen) atoms. The molecule has 1 unspecified atom stereocenters. The fourth-order valence-electron chi connectivity index (χ4n) is 1.84. The first-order valence-corrected chi connectivity index (χ1v) is 6.76. The minimum absolute atomic E-state index is 0.380. The summed E-state index contributed by atoms with van der Waals surface area (Å²) < 4.78 is 19.2. The molecular formula is C15H14BrFO2. The topological polar surface area (TPSA) is 29.5 Å². The predicted octanol–water partition coefficient (Wildman–Crippen LogP) is 4.07. The van der Waals surface area contributed by atoms with Crippen LogP contribution < -0.4 is 4.74 Å². The number of aliphatic hydroxyl groups is 1. The lowest BCUT2D eigenvalue weighted by Gasteiger charge is -2.13. The van der Waals surface area contributed by atoms with E-state index in [1.54, 1.807) is 30.3 Å². The average molecular weight is 325 g/mol. The van der Waals surface area contributed by atoms with Crippen LogP contribution in [-0.2, 0) is 0 Å². The van der Waals surface area contributed by atoms with Gasteiger partial charge in [0.1, 0.15) is 17.7 Å². The van der Waals surface area contributed by atoms with Crippen molar-refractivity contribution in [2.75, 3.05) is 6.61 Å². The molecule has 100 valence electrons. The van der Waals surface area contributed by atoms with E-state index in [-0.39, 0.29) is 5.82 Å². The van der Waals surface area contributed by atoms with Gasteiger partial charge in [-0.25, -0.2) is 4.39 Å². The van der Waals surface area contributed by atoms with Crippen LogP contribution in [0.5, 0.6) is 5.75 Å². The van der Waals surface area contributed by atoms with Gasteiger partial charge in [-0.3, -0.25) is 0 Å². The van der Waals surface area contributed by atoms with Crippen LogP contribution in [0.1, 0.15) is 24.2 Å². The maximum Gasteiger partial charge on any atom is 0.124 e. The van der Waals surface area contributed by atoms with E-state index < -0.39 is 6.10 Å². The van der Waals surface area contributed by atoms with Gasteiger partial charge in [-0.15, -0.1) is 0 Å². The summed E-state index contributed by atoms with van der Waals surface area (Å²) in [7, 11) is 0. The molecule has 0 bridgehead atoms. The van der Waals surface area contributed by atoms with Gasteiger partial charge in [0.05, 0.1) is 6.61 Å². The maximum absolute atomic E-state index is 13.3. The molecular weight excluding hydrogens is 311 g/mol. The van der Waals surface area contributed by atoms with Crippen molar-refractivity contribution in [2.24, 2.45) is 0 Å². The van der Waals surface area contributed by atoms with E-state index in [0.29, 0.717) is 22.2 Å². The molecule has 2 aromatic rings. The first-order valence-electron chi connectivity index (χ1n) is 5.97. The number of ether oxygens (including phenoxy) is 1. The van der Waals surface area contributed by atoms with Gasteiger partial charge in [0.2, 0.25) is 0 Å². The molecule has 0 aliphatic carbocycles. The molecule has 0 heterocycles. The van der Waals surface area contributed by atoms with Crippen molar-refractivity contribution in [1.82, 2.24) is 0 Å². The maximum atomic E-state index is 13.3. The molecule has 0 aliphatic heterocycles. The van der Waals surface area contributed by atoms with Crippen LogP contribution in [0.3, 0.4) is 0 Å². The van der Waals surface area contributed by atoms with E-state index in [2.05, 4.69) is 15.9 Å². The first kappa shape index (κ1) is 14.0. The van der Waals surface area contributed by atoms with Gasteiger partial charge in [0.15, 0.2) is 0 Å². The van der Waals surface area contributed by atoms with Crippen LogP contribution >= 0.6 is 15.9 Å². The molecule has 0 aromatic heterocycles. The Bertz CT molecular complexity index is 534. The largest absolute Gasteiger partial charge is 0.494 e. The Kier molecular flexibility index (Phi) is 4.56. The smallest absolute Gasteiger partial charge is 0.124 e. The summed E-state index contributed by atoms with van der Waals surface area (Å²) in [6, 6.07) is 11.5. The highest BCUT2D eigenvalue weighted by Crippen LogP contribution is 2.26. The Morgan fingerprint density at radius 2 is 1.84 bits per heavy atom. The minimum atomic E-state index is -0.859. The summed E-state index contributed by atoms with van der Waals surface area (Å²) in [5, 5.41) is 10.2. The van der Waals surface area contributed by atoms with Crippen molar-refractivity contribution >= 4 is 15.9 Å². The third kappa shape index (κ3) is 3.55. The molecule has 1 atom stereocenters. The summed E-state index contributed by atoms with van der Waals surface area (Å²) >= 11 is 3.21. The van der Waals surface area contributed by atoms with Crippen LogP contribution in [0.25, 0.3) is 0 Å². The summed E-state index contributed by atoms with van der Waals surface area (Å²) in [4.78, 5) is 0. The highest BCUT2D eigenvalue weighted by molar-refractivity contribution is 9.10. The Morgan fingerprint density at radius 1 is 1.16 bits per heavy atom. The van der Waals surface area contributed by atoms with E-state index >= 15 is 0 Å². The van der Waals surface area contributed by atoms with Gasteiger partial charge in [-0.2, -0.15) is 0 Å². The van der Waals surface area contributed by atoms with Crippen molar-refractivity contribution in [2.45, 2.75) is 13.0 Å². The second-order valence-electron chi connectivity index (χ2n) is 4.11. The Labute approximate surface area is 120 Å². The van der Waals surface area contributed by atoms with E-state index in [0.717, 1.165) is 5.75 Å². The first-order chi connectivity index (χ1) is 9.10. The molecule has 2 nitrogen and oxygen atoms in total. The Morgan fingerprint density at radius 3 is 2.42 bits per heavy atom. The van der Waals surface area contributed by atoms with Gasteiger partial charge < -0.3 is 9.84 Å². The number of hydrogen-bond donors (Lipinski definition) is 1. The summed E-state index contributed by atoms with van der Waals surface area (Å²) in [6.45, 7) is 2.51. The molecule has 0 fully saturated rings. The zero-order chi connectivity index (χ0) is 13.8. The summed E-state index contributed by atoms with van der Waals surface area (Å²) in [5.74, 6) is 0.369. The Balaban J connectivity index is 2.25. The van der Waals surface area contributed by atoms with Crippen molar-refractivity contribution in [1.29, 1.82) is 0 Å². The average Bonchev–Trinajstić information content (AvgIpc) is 2.38. The quantitative estimate of drug-likeness (QED) is 0.918. The predicted molar refractivity (Wildman–Crippen MR) is 75.8 cm³/mol. The minimum Gasteiger partial charge on any atom is -0.494 e. The number of benzene rings is 2. The van der Waals surface area contributed by atoms with Gasteiger partial charge in [-0.1, -0.05) is 28.1 Å². The third-order valence-corrected chi connectivity index (χ3v) is 3.17. The monoisotopic (exact) mass is 324 g/mol. The number of hydrogen-bond acceptors (Lipinski definition) is 2. The SMILES string of the molecule is CCOc1ccc(C(O)c2cc(F)cc(Br)c2)cc1. The van der Waals surface area contributed by atoms with E-state index in [1.807, 2.05) is 6.92 Å². The second-order valence-corrected chi connectivity index (χ2v) is 5.02. The summed E-state index contributed by atoms with van der Waals surface area (Å²) in [6.07, 6.45) is -0.859. The fourth-order valence-corrected chi connectivity index (χ4v) is 2.32. The van der Waals surface area contributed by atoms with Crippen LogP contribution in [0.15, 0.2) is 46.9 Å². The van der Waals surface area contributed by atoms with Crippen LogP contribution in [-0.4, -0.2) is 11.7 Å². The fraction of sp³-hybridized carbons (Fsp3) is 0.200. The third-order valence-electron chi connectivity index (χ3n) is 2.71. The Hall–Kier alpha value is -1.39. The molecule has 2 aromatic carbocycles. The number of rotatable bonds is 4. The van der Waals surface area contributed by atoms with Crippen LogP contribution in [0.2, 0.25) is 0 Å². The normalized spacial score (nSPS) is 12.2. The lowest BCUT2D eigenvalue weighted by atomic mass is 10.0. The molecule has 0 saturated carbocycles. The number of aliphatic hydroxyl groups excluding tert-OH is 1. The van der Waals surface area contributed by atoms with Gasteiger partial charge in [0.25, 0.3) is 0 Å². The molecule has 2 rings (SSSR count). The highest BCUT2D eigenvalue weighted by atomic mass is 79.9. The number of halogens is 2. The molecule has 0 radical (unpaired) electrons. The molecule has 0 aliphatic rings. The van der Waals surface area contributed by atoms with E-state index in [9.17, 15) is 9.50 Å². The van der Waals surface area contributed by atoms with E-state index in [4.69, 9.17) is 4.74 Å². The lowest BCUT2D eigenvalue weighted by molar-refractivity contribution is 0.219. The van der Waals surface area contributed by atoms with Crippen LogP contribution in [0.4, 0.5) is 4.39 Å². The van der Waals surface area contributed by atoms with Crippen molar-refractivity contribution in [3.05, 3.63) is 63.9 Å². The van der Waals surface area contributed by atoms with Crippen LogP contribution in [0, 0.1) is 5.82 Å². The standard InChI is InChI=1S/C15H14BrFO2/c1-2-19-14-5-3-10(4-6-14)15(18)11-7-12(16)9-13(17)8-11/h3-9,15,18H,2H2,1H3. The van der Waals surface area contributed by atoms with Crippen molar-refractivity contribution in [3.8, 4) is 5.75 Å². The van der Waals surface area contributed by atoms with Gasteiger partial charge in [0, 0.05) is 4.47 Å². The van der Waals surface area contributed by atoms with Crippen molar-refractivity contribution in [3.63, 3.8) is 0 Å².